The van der Waals surface area contributed by atoms with Crippen LogP contribution in [0, 0.1) is 0 Å². The SMILES string of the molecule is COc1ccc([C@@H](C)NC(=O)COc2ccc(N(Cc3ccccc3)S(C)(=O)=O)cc2)cc1OC. The van der Waals surface area contributed by atoms with E-state index in [9.17, 15) is 13.2 Å². The topological polar surface area (TPSA) is 94.2 Å². The highest BCUT2D eigenvalue weighted by Crippen LogP contribution is 2.30. The largest absolute Gasteiger partial charge is 0.493 e. The lowest BCUT2D eigenvalue weighted by atomic mass is 10.1. The van der Waals surface area contributed by atoms with Gasteiger partial charge in [0.25, 0.3) is 5.91 Å². The fraction of sp³-hybridized carbons (Fsp3) is 0.269. The summed E-state index contributed by atoms with van der Waals surface area (Å²) < 4.78 is 42.2. The zero-order valence-electron chi connectivity index (χ0n) is 20.2. The minimum Gasteiger partial charge on any atom is -0.493 e. The molecule has 9 heteroatoms. The Balaban J connectivity index is 1.59. The van der Waals surface area contributed by atoms with Crippen molar-refractivity contribution in [1.29, 1.82) is 0 Å². The molecule has 186 valence electrons. The second kappa shape index (κ2) is 11.6. The number of nitrogens with zero attached hydrogens (tertiary/aromatic N) is 1. The summed E-state index contributed by atoms with van der Waals surface area (Å²) in [6.45, 7) is 1.90. The Labute approximate surface area is 206 Å². The zero-order chi connectivity index (χ0) is 25.4. The first-order valence-corrected chi connectivity index (χ1v) is 12.8. The number of rotatable bonds is 11. The highest BCUT2D eigenvalue weighted by Gasteiger charge is 2.18. The van der Waals surface area contributed by atoms with Gasteiger partial charge >= 0.3 is 0 Å². The van der Waals surface area contributed by atoms with Crippen molar-refractivity contribution in [2.75, 3.05) is 31.4 Å². The Bertz CT molecular complexity index is 1230. The molecule has 0 radical (unpaired) electrons. The van der Waals surface area contributed by atoms with Crippen molar-refractivity contribution in [1.82, 2.24) is 5.32 Å². The summed E-state index contributed by atoms with van der Waals surface area (Å²) in [6.07, 6.45) is 1.17. The number of carbonyl (C=O) groups excluding carboxylic acids is 1. The van der Waals surface area contributed by atoms with Crippen LogP contribution in [0.25, 0.3) is 0 Å². The van der Waals surface area contributed by atoms with Gasteiger partial charge in [-0.05, 0) is 54.4 Å². The van der Waals surface area contributed by atoms with Crippen molar-refractivity contribution in [3.63, 3.8) is 0 Å². The van der Waals surface area contributed by atoms with Gasteiger partial charge in [0.15, 0.2) is 18.1 Å². The first kappa shape index (κ1) is 25.9. The second-order valence-corrected chi connectivity index (χ2v) is 9.85. The molecule has 0 aliphatic heterocycles. The van der Waals surface area contributed by atoms with E-state index in [1.54, 1.807) is 44.6 Å². The smallest absolute Gasteiger partial charge is 0.258 e. The molecule has 0 spiro atoms. The zero-order valence-corrected chi connectivity index (χ0v) is 21.0. The molecule has 0 aromatic heterocycles. The number of benzene rings is 3. The van der Waals surface area contributed by atoms with E-state index >= 15 is 0 Å². The molecule has 0 aliphatic rings. The molecule has 8 nitrogen and oxygen atoms in total. The van der Waals surface area contributed by atoms with Crippen molar-refractivity contribution in [3.8, 4) is 17.2 Å². The number of hydrogen-bond acceptors (Lipinski definition) is 6. The van der Waals surface area contributed by atoms with Gasteiger partial charge in [0, 0.05) is 0 Å². The summed E-state index contributed by atoms with van der Waals surface area (Å²) in [7, 11) is -0.372. The summed E-state index contributed by atoms with van der Waals surface area (Å²) in [5, 5.41) is 2.88. The predicted molar refractivity (Wildman–Crippen MR) is 136 cm³/mol. The summed E-state index contributed by atoms with van der Waals surface area (Å²) in [5.41, 5.74) is 2.24. The second-order valence-electron chi connectivity index (χ2n) is 7.94. The number of amides is 1. The van der Waals surface area contributed by atoms with Crippen LogP contribution in [0.2, 0.25) is 0 Å². The van der Waals surface area contributed by atoms with Crippen LogP contribution < -0.4 is 23.8 Å². The number of anilines is 1. The van der Waals surface area contributed by atoms with Gasteiger partial charge in [-0.2, -0.15) is 0 Å². The van der Waals surface area contributed by atoms with Crippen LogP contribution in [0.5, 0.6) is 17.2 Å². The average Bonchev–Trinajstić information content (AvgIpc) is 2.86. The van der Waals surface area contributed by atoms with E-state index in [-0.39, 0.29) is 25.1 Å². The van der Waals surface area contributed by atoms with E-state index in [0.29, 0.717) is 22.9 Å². The molecule has 35 heavy (non-hydrogen) atoms. The van der Waals surface area contributed by atoms with Crippen LogP contribution in [0.4, 0.5) is 5.69 Å². The summed E-state index contributed by atoms with van der Waals surface area (Å²) >= 11 is 0. The molecule has 0 bridgehead atoms. The normalized spacial score (nSPS) is 11.9. The maximum absolute atomic E-state index is 12.4. The molecule has 0 saturated heterocycles. The van der Waals surface area contributed by atoms with Crippen LogP contribution in [0.1, 0.15) is 24.1 Å². The minimum atomic E-state index is -3.49. The number of hydrogen-bond donors (Lipinski definition) is 1. The number of carbonyl (C=O) groups is 1. The number of ether oxygens (including phenoxy) is 3. The van der Waals surface area contributed by atoms with Gasteiger partial charge in [0.2, 0.25) is 10.0 Å². The van der Waals surface area contributed by atoms with Crippen LogP contribution in [-0.2, 0) is 21.4 Å². The third kappa shape index (κ3) is 7.13. The van der Waals surface area contributed by atoms with E-state index in [1.165, 1.54) is 10.6 Å². The minimum absolute atomic E-state index is 0.184. The lowest BCUT2D eigenvalue weighted by Gasteiger charge is -2.23. The number of methoxy groups -OCH3 is 2. The van der Waals surface area contributed by atoms with E-state index in [2.05, 4.69) is 5.32 Å². The van der Waals surface area contributed by atoms with Gasteiger partial charge in [-0.15, -0.1) is 0 Å². The Morgan fingerprint density at radius 2 is 1.60 bits per heavy atom. The predicted octanol–water partition coefficient (Wildman–Crippen LogP) is 3.93. The van der Waals surface area contributed by atoms with Crippen LogP contribution in [0.3, 0.4) is 0 Å². The standard InChI is InChI=1S/C26H30N2O6S/c1-19(21-10-15-24(32-2)25(16-21)33-3)27-26(29)18-34-23-13-11-22(12-14-23)28(35(4,30)31)17-20-8-6-5-7-9-20/h5-16,19H,17-18H2,1-4H3,(H,27,29)/t19-/m1/s1. The third-order valence-corrected chi connectivity index (χ3v) is 6.49. The molecule has 0 aliphatic carbocycles. The Kier molecular flexibility index (Phi) is 8.59. The molecular weight excluding hydrogens is 468 g/mol. The van der Waals surface area contributed by atoms with Crippen LogP contribution in [0.15, 0.2) is 72.8 Å². The van der Waals surface area contributed by atoms with Crippen LogP contribution >= 0.6 is 0 Å². The molecular formula is C26H30N2O6S. The molecule has 3 rings (SSSR count). The van der Waals surface area contributed by atoms with E-state index in [1.807, 2.05) is 49.4 Å². The van der Waals surface area contributed by atoms with Crippen molar-refractivity contribution >= 4 is 21.6 Å². The van der Waals surface area contributed by atoms with E-state index in [0.717, 1.165) is 11.1 Å². The average molecular weight is 499 g/mol. The first-order chi connectivity index (χ1) is 16.7. The fourth-order valence-electron chi connectivity index (χ4n) is 3.50. The molecule has 0 fully saturated rings. The quantitative estimate of drug-likeness (QED) is 0.431. The van der Waals surface area contributed by atoms with Gasteiger partial charge in [-0.1, -0.05) is 36.4 Å². The first-order valence-electron chi connectivity index (χ1n) is 11.0. The summed E-state index contributed by atoms with van der Waals surface area (Å²) in [6, 6.07) is 21.1. The molecule has 1 atom stereocenters. The lowest BCUT2D eigenvalue weighted by molar-refractivity contribution is -0.123. The number of nitrogens with one attached hydrogen (secondary N) is 1. The molecule has 3 aromatic rings. The third-order valence-electron chi connectivity index (χ3n) is 5.35. The fourth-order valence-corrected chi connectivity index (χ4v) is 4.38. The molecule has 1 N–H and O–H groups in total. The Hall–Kier alpha value is -3.72. The van der Waals surface area contributed by atoms with Crippen molar-refractivity contribution < 1.29 is 27.4 Å². The van der Waals surface area contributed by atoms with Gasteiger partial charge in [0.05, 0.1) is 38.7 Å². The van der Waals surface area contributed by atoms with Gasteiger partial charge in [-0.25, -0.2) is 8.42 Å². The van der Waals surface area contributed by atoms with Crippen molar-refractivity contribution in [2.45, 2.75) is 19.5 Å². The van der Waals surface area contributed by atoms with E-state index < -0.39 is 10.0 Å². The van der Waals surface area contributed by atoms with Gasteiger partial charge < -0.3 is 19.5 Å². The van der Waals surface area contributed by atoms with Gasteiger partial charge in [-0.3, -0.25) is 9.10 Å². The maximum Gasteiger partial charge on any atom is 0.258 e. The highest BCUT2D eigenvalue weighted by atomic mass is 32.2. The van der Waals surface area contributed by atoms with Crippen molar-refractivity contribution in [2.24, 2.45) is 0 Å². The molecule has 0 heterocycles. The summed E-state index contributed by atoms with van der Waals surface area (Å²) in [4.78, 5) is 12.4. The molecule has 0 unspecified atom stereocenters. The maximum atomic E-state index is 12.4. The summed E-state index contributed by atoms with van der Waals surface area (Å²) in [5.74, 6) is 1.35. The molecule has 3 aromatic carbocycles. The Morgan fingerprint density at radius 1 is 0.943 bits per heavy atom. The molecule has 1 amide bonds. The number of sulfonamides is 1. The van der Waals surface area contributed by atoms with Crippen LogP contribution in [-0.4, -0.2) is 41.4 Å². The lowest BCUT2D eigenvalue weighted by Crippen LogP contribution is -2.31. The highest BCUT2D eigenvalue weighted by molar-refractivity contribution is 7.92. The van der Waals surface area contributed by atoms with Crippen molar-refractivity contribution in [3.05, 3.63) is 83.9 Å². The van der Waals surface area contributed by atoms with E-state index in [4.69, 9.17) is 14.2 Å². The molecule has 0 saturated carbocycles. The Morgan fingerprint density at radius 3 is 2.20 bits per heavy atom. The monoisotopic (exact) mass is 498 g/mol. The van der Waals surface area contributed by atoms with Gasteiger partial charge in [0.1, 0.15) is 5.75 Å².